The Morgan fingerprint density at radius 3 is 2.57 bits per heavy atom. The molecular formula is C18H19N3O2. The van der Waals surface area contributed by atoms with E-state index in [1.807, 2.05) is 37.3 Å². The number of fused-ring (bicyclic) bond motifs is 1. The average Bonchev–Trinajstić information content (AvgIpc) is 2.55. The van der Waals surface area contributed by atoms with Crippen LogP contribution >= 0.6 is 0 Å². The van der Waals surface area contributed by atoms with Crippen LogP contribution in [0.5, 0.6) is 0 Å². The van der Waals surface area contributed by atoms with Crippen LogP contribution in [0.15, 0.2) is 42.6 Å². The lowest BCUT2D eigenvalue weighted by atomic mass is 9.93. The maximum absolute atomic E-state index is 12.6. The van der Waals surface area contributed by atoms with Gasteiger partial charge < -0.3 is 10.2 Å². The molecule has 0 bridgehead atoms. The molecule has 1 aromatic carbocycles. The van der Waals surface area contributed by atoms with Gasteiger partial charge in [-0.3, -0.25) is 9.59 Å². The first-order valence-corrected chi connectivity index (χ1v) is 7.62. The van der Waals surface area contributed by atoms with Crippen LogP contribution in [0.1, 0.15) is 23.6 Å². The quantitative estimate of drug-likeness (QED) is 0.926. The number of carbonyl (C=O) groups excluding carboxylic acids is 2. The number of aryl methyl sites for hydroxylation is 1. The lowest BCUT2D eigenvalue weighted by molar-refractivity contribution is -0.138. The number of aromatic nitrogens is 1. The van der Waals surface area contributed by atoms with Gasteiger partial charge in [0.2, 0.25) is 11.8 Å². The van der Waals surface area contributed by atoms with Crippen molar-refractivity contribution in [2.45, 2.75) is 32.9 Å². The van der Waals surface area contributed by atoms with Crippen molar-refractivity contribution in [3.8, 4) is 0 Å². The number of hydrogen-bond acceptors (Lipinski definition) is 3. The molecule has 1 atom stereocenters. The van der Waals surface area contributed by atoms with Gasteiger partial charge in [0.1, 0.15) is 11.9 Å². The number of carbonyl (C=O) groups is 2. The van der Waals surface area contributed by atoms with E-state index in [4.69, 9.17) is 0 Å². The highest BCUT2D eigenvalue weighted by molar-refractivity contribution is 5.96. The van der Waals surface area contributed by atoms with E-state index in [0.717, 1.165) is 16.7 Å². The molecule has 2 aromatic rings. The fraction of sp³-hybridized carbons (Fsp3) is 0.278. The summed E-state index contributed by atoms with van der Waals surface area (Å²) in [6.45, 7) is 3.90. The molecule has 2 amide bonds. The molecule has 1 N–H and O–H groups in total. The van der Waals surface area contributed by atoms with Crippen LogP contribution < -0.4 is 5.32 Å². The number of anilines is 1. The van der Waals surface area contributed by atoms with Gasteiger partial charge in [0.25, 0.3) is 0 Å². The van der Waals surface area contributed by atoms with Crippen molar-refractivity contribution in [1.82, 2.24) is 9.88 Å². The maximum Gasteiger partial charge on any atom is 0.248 e. The summed E-state index contributed by atoms with van der Waals surface area (Å²) in [5.41, 5.74) is 3.24. The third-order valence-electron chi connectivity index (χ3n) is 4.12. The zero-order chi connectivity index (χ0) is 16.4. The van der Waals surface area contributed by atoms with E-state index in [1.165, 1.54) is 6.92 Å². The van der Waals surface area contributed by atoms with E-state index >= 15 is 0 Å². The second-order valence-electron chi connectivity index (χ2n) is 5.85. The minimum Gasteiger partial charge on any atom is -0.326 e. The van der Waals surface area contributed by atoms with Crippen molar-refractivity contribution in [3.63, 3.8) is 0 Å². The molecule has 118 valence electrons. The van der Waals surface area contributed by atoms with Gasteiger partial charge >= 0.3 is 0 Å². The van der Waals surface area contributed by atoms with Gasteiger partial charge in [-0.05, 0) is 29.7 Å². The van der Waals surface area contributed by atoms with Crippen molar-refractivity contribution >= 4 is 17.6 Å². The molecule has 0 saturated heterocycles. The van der Waals surface area contributed by atoms with E-state index in [2.05, 4.69) is 10.3 Å². The molecule has 23 heavy (non-hydrogen) atoms. The van der Waals surface area contributed by atoms with Gasteiger partial charge in [0, 0.05) is 26.1 Å². The van der Waals surface area contributed by atoms with Crippen molar-refractivity contribution in [1.29, 1.82) is 0 Å². The Balaban J connectivity index is 1.83. The van der Waals surface area contributed by atoms with Crippen LogP contribution in [0.25, 0.3) is 0 Å². The number of nitrogens with one attached hydrogen (secondary N) is 1. The predicted molar refractivity (Wildman–Crippen MR) is 87.8 cm³/mol. The highest BCUT2D eigenvalue weighted by atomic mass is 16.2. The predicted octanol–water partition coefficient (Wildman–Crippen LogP) is 2.30. The third kappa shape index (κ3) is 3.23. The minimum absolute atomic E-state index is 0.100. The van der Waals surface area contributed by atoms with Crippen LogP contribution in [-0.2, 0) is 22.6 Å². The lowest BCUT2D eigenvalue weighted by Crippen LogP contribution is -2.50. The van der Waals surface area contributed by atoms with Crippen molar-refractivity contribution in [2.24, 2.45) is 0 Å². The molecule has 0 aliphatic carbocycles. The Bertz CT molecular complexity index is 740. The number of benzene rings is 1. The lowest BCUT2D eigenvalue weighted by Gasteiger charge is -2.35. The minimum atomic E-state index is -0.509. The van der Waals surface area contributed by atoms with Gasteiger partial charge in [0.05, 0.1) is 0 Å². The molecular weight excluding hydrogens is 290 g/mol. The summed E-state index contributed by atoms with van der Waals surface area (Å²) < 4.78 is 0. The fourth-order valence-corrected chi connectivity index (χ4v) is 2.84. The van der Waals surface area contributed by atoms with Crippen LogP contribution in [0.2, 0.25) is 0 Å². The smallest absolute Gasteiger partial charge is 0.248 e. The second-order valence-corrected chi connectivity index (χ2v) is 5.85. The molecule has 0 unspecified atom stereocenters. The molecule has 0 radical (unpaired) electrons. The molecule has 0 saturated carbocycles. The van der Waals surface area contributed by atoms with Gasteiger partial charge in [-0.15, -0.1) is 0 Å². The molecule has 0 spiro atoms. The first-order chi connectivity index (χ1) is 11.0. The molecule has 1 aliphatic heterocycles. The van der Waals surface area contributed by atoms with Gasteiger partial charge in [0.15, 0.2) is 0 Å². The van der Waals surface area contributed by atoms with Crippen LogP contribution in [0, 0.1) is 6.92 Å². The molecule has 5 nitrogen and oxygen atoms in total. The normalized spacial score (nSPS) is 16.6. The fourth-order valence-electron chi connectivity index (χ4n) is 2.84. The molecule has 5 heteroatoms. The molecule has 2 heterocycles. The maximum atomic E-state index is 12.6. The topological polar surface area (TPSA) is 62.3 Å². The SMILES string of the molecule is CC(=O)N1Cc2ccccc2C[C@H]1C(=O)Nc1ccc(C)cn1. The first kappa shape index (κ1) is 15.2. The summed E-state index contributed by atoms with van der Waals surface area (Å²) in [5, 5.41) is 2.81. The monoisotopic (exact) mass is 309 g/mol. The number of amides is 2. The van der Waals surface area contributed by atoms with E-state index in [0.29, 0.717) is 18.8 Å². The first-order valence-electron chi connectivity index (χ1n) is 7.62. The van der Waals surface area contributed by atoms with Crippen molar-refractivity contribution in [3.05, 3.63) is 59.3 Å². The van der Waals surface area contributed by atoms with E-state index in [1.54, 1.807) is 17.2 Å². The Morgan fingerprint density at radius 2 is 1.91 bits per heavy atom. The number of nitrogens with zero attached hydrogens (tertiary/aromatic N) is 2. The Labute approximate surface area is 135 Å². The molecule has 1 aliphatic rings. The summed E-state index contributed by atoms with van der Waals surface area (Å²) in [5.74, 6) is 0.200. The standard InChI is InChI=1S/C18H19N3O2/c1-12-7-8-17(19-10-12)20-18(23)16-9-14-5-3-4-6-15(14)11-21(16)13(2)22/h3-8,10,16H,9,11H2,1-2H3,(H,19,20,23)/t16-/m0/s1. The highest BCUT2D eigenvalue weighted by Crippen LogP contribution is 2.24. The van der Waals surface area contributed by atoms with E-state index in [-0.39, 0.29) is 11.8 Å². The number of rotatable bonds is 2. The largest absolute Gasteiger partial charge is 0.326 e. The van der Waals surface area contributed by atoms with Gasteiger partial charge in [-0.2, -0.15) is 0 Å². The van der Waals surface area contributed by atoms with Crippen LogP contribution in [0.4, 0.5) is 5.82 Å². The number of pyridine rings is 1. The van der Waals surface area contributed by atoms with Crippen LogP contribution in [-0.4, -0.2) is 27.7 Å². The molecule has 3 rings (SSSR count). The van der Waals surface area contributed by atoms with Crippen LogP contribution in [0.3, 0.4) is 0 Å². The van der Waals surface area contributed by atoms with Gasteiger partial charge in [-0.25, -0.2) is 4.98 Å². The third-order valence-corrected chi connectivity index (χ3v) is 4.12. The van der Waals surface area contributed by atoms with Crippen molar-refractivity contribution in [2.75, 3.05) is 5.32 Å². The second kappa shape index (κ2) is 6.20. The summed E-state index contributed by atoms with van der Waals surface area (Å²) in [6.07, 6.45) is 2.22. The Morgan fingerprint density at radius 1 is 1.17 bits per heavy atom. The summed E-state index contributed by atoms with van der Waals surface area (Å²) in [7, 11) is 0. The van der Waals surface area contributed by atoms with Crippen molar-refractivity contribution < 1.29 is 9.59 Å². The highest BCUT2D eigenvalue weighted by Gasteiger charge is 2.33. The Hall–Kier alpha value is -2.69. The number of hydrogen-bond donors (Lipinski definition) is 1. The summed E-state index contributed by atoms with van der Waals surface area (Å²) in [6, 6.07) is 11.1. The molecule has 0 fully saturated rings. The zero-order valence-electron chi connectivity index (χ0n) is 13.2. The summed E-state index contributed by atoms with van der Waals surface area (Å²) >= 11 is 0. The summed E-state index contributed by atoms with van der Waals surface area (Å²) in [4.78, 5) is 30.4. The van der Waals surface area contributed by atoms with E-state index in [9.17, 15) is 9.59 Å². The molecule has 1 aromatic heterocycles. The van der Waals surface area contributed by atoms with E-state index < -0.39 is 6.04 Å². The Kier molecular flexibility index (Phi) is 4.10. The average molecular weight is 309 g/mol. The van der Waals surface area contributed by atoms with Gasteiger partial charge in [-0.1, -0.05) is 30.3 Å². The zero-order valence-corrected chi connectivity index (χ0v) is 13.2.